The van der Waals surface area contributed by atoms with Crippen LogP contribution in [0, 0.1) is 26.2 Å². The van der Waals surface area contributed by atoms with Crippen LogP contribution in [0.5, 0.6) is 5.75 Å². The van der Waals surface area contributed by atoms with Crippen molar-refractivity contribution in [3.8, 4) is 5.75 Å². The third-order valence-corrected chi connectivity index (χ3v) is 11.6. The summed E-state index contributed by atoms with van der Waals surface area (Å²) in [4.78, 5) is 65.7. The maximum absolute atomic E-state index is 13.9. The standard InChI is InChI=1S/C41H58N8O9S/c1-10-20-41(9,48-39(54)55)37(53)46-30(35(51)45-29(12-3)34(50)47-31(36(52)43-21-11-2)27-17-14-13-15-18-27)19-16-22-44-38(42)49-59(56,57)33-25(5)24(4)32-28(26(33)6)23-40(7,8)58-32/h10-11,13-15,17-18,29-31,48H,1-2,12,16,19-23H2,3-9H3,(H,43,52)(H,45,51)(H,46,53)(H,47,50)(H,54,55)(H3,42,44,49). The van der Waals surface area contributed by atoms with Gasteiger partial charge >= 0.3 is 6.09 Å². The number of fused-ring (bicyclic) bond motifs is 1. The zero-order chi connectivity index (χ0) is 44.3. The number of hydrogen-bond acceptors (Lipinski definition) is 9. The number of sulfonamides is 1. The van der Waals surface area contributed by atoms with E-state index in [1.807, 2.05) is 13.8 Å². The molecule has 0 saturated carbocycles. The highest BCUT2D eigenvalue weighted by molar-refractivity contribution is 7.90. The summed E-state index contributed by atoms with van der Waals surface area (Å²) in [6.45, 7) is 19.3. The molecule has 0 bridgehead atoms. The van der Waals surface area contributed by atoms with Gasteiger partial charge in [0, 0.05) is 25.1 Å². The van der Waals surface area contributed by atoms with E-state index in [0.29, 0.717) is 34.4 Å². The van der Waals surface area contributed by atoms with Gasteiger partial charge in [-0.3, -0.25) is 24.6 Å². The van der Waals surface area contributed by atoms with Crippen LogP contribution in [0.2, 0.25) is 0 Å². The van der Waals surface area contributed by atoms with Crippen LogP contribution in [0.4, 0.5) is 4.79 Å². The number of guanidine groups is 1. The molecule has 1 heterocycles. The molecule has 5 amide bonds. The van der Waals surface area contributed by atoms with E-state index in [1.54, 1.807) is 58.0 Å². The normalized spacial score (nSPS) is 15.3. The maximum atomic E-state index is 13.9. The quantitative estimate of drug-likeness (QED) is 0.0408. The van der Waals surface area contributed by atoms with E-state index in [1.165, 1.54) is 19.1 Å². The van der Waals surface area contributed by atoms with Gasteiger partial charge in [0.2, 0.25) is 29.6 Å². The molecule has 1 aliphatic rings. The predicted octanol–water partition coefficient (Wildman–Crippen LogP) is 3.05. The van der Waals surface area contributed by atoms with Crippen molar-refractivity contribution in [2.45, 2.75) is 115 Å². The highest BCUT2D eigenvalue weighted by Gasteiger charge is 2.38. The van der Waals surface area contributed by atoms with Gasteiger partial charge in [-0.25, -0.2) is 17.9 Å². The smallest absolute Gasteiger partial charge is 0.405 e. The summed E-state index contributed by atoms with van der Waals surface area (Å²) in [5, 5.41) is 33.3. The molecule has 0 spiro atoms. The number of carbonyl (C=O) groups excluding carboxylic acids is 4. The molecule has 4 unspecified atom stereocenters. The Morgan fingerprint density at radius 3 is 2.17 bits per heavy atom. The van der Waals surface area contributed by atoms with Gasteiger partial charge in [-0.2, -0.15) is 0 Å². The molecule has 0 aromatic heterocycles. The average molecular weight is 839 g/mol. The van der Waals surface area contributed by atoms with E-state index < -0.39 is 75.0 Å². The SMILES string of the molecule is C=CCNC(=O)C(NC(=O)C(CC)NC(=O)C(CCCNC(=N)NS(=O)(=O)c1c(C)c(C)c2c(c1C)CC(C)(C)O2)NC(=O)C(C)(CC=C)NC(=O)O)c1ccccc1. The lowest BCUT2D eigenvalue weighted by molar-refractivity contribution is -0.135. The van der Waals surface area contributed by atoms with Gasteiger partial charge in [-0.15, -0.1) is 13.2 Å². The molecule has 59 heavy (non-hydrogen) atoms. The van der Waals surface area contributed by atoms with Gasteiger partial charge in [0.15, 0.2) is 0 Å². The maximum Gasteiger partial charge on any atom is 0.405 e. The fourth-order valence-corrected chi connectivity index (χ4v) is 8.31. The number of rotatable bonds is 20. The first-order valence-corrected chi connectivity index (χ1v) is 20.7. The van der Waals surface area contributed by atoms with E-state index in [4.69, 9.17) is 10.1 Å². The third-order valence-electron chi connectivity index (χ3n) is 9.97. The van der Waals surface area contributed by atoms with Crippen molar-refractivity contribution in [2.24, 2.45) is 0 Å². The van der Waals surface area contributed by atoms with E-state index in [0.717, 1.165) is 5.56 Å². The molecular formula is C41H58N8O9S. The molecular weight excluding hydrogens is 781 g/mol. The summed E-state index contributed by atoms with van der Waals surface area (Å²) >= 11 is 0. The number of carbonyl (C=O) groups is 5. The van der Waals surface area contributed by atoms with Crippen molar-refractivity contribution in [1.82, 2.24) is 36.6 Å². The molecule has 9 N–H and O–H groups in total. The van der Waals surface area contributed by atoms with Crippen molar-refractivity contribution >= 4 is 45.7 Å². The molecule has 3 rings (SSSR count). The monoisotopic (exact) mass is 838 g/mol. The lowest BCUT2D eigenvalue weighted by Crippen LogP contribution is -2.61. The Hall–Kier alpha value is -5.91. The first kappa shape index (κ1) is 47.5. The van der Waals surface area contributed by atoms with Gasteiger partial charge in [-0.1, -0.05) is 49.4 Å². The second kappa shape index (κ2) is 20.2. The molecule has 1 aliphatic heterocycles. The Morgan fingerprint density at radius 1 is 0.932 bits per heavy atom. The van der Waals surface area contributed by atoms with Crippen molar-refractivity contribution in [1.29, 1.82) is 5.41 Å². The minimum absolute atomic E-state index is 0.0300. The Kier molecular flexibility index (Phi) is 16.2. The van der Waals surface area contributed by atoms with Gasteiger partial charge in [-0.05, 0) is 89.5 Å². The van der Waals surface area contributed by atoms with E-state index in [-0.39, 0.29) is 43.7 Å². The zero-order valence-electron chi connectivity index (χ0n) is 34.8. The summed E-state index contributed by atoms with van der Waals surface area (Å²) in [6.07, 6.45) is 1.84. The summed E-state index contributed by atoms with van der Waals surface area (Å²) in [7, 11) is -4.22. The predicted molar refractivity (Wildman–Crippen MR) is 223 cm³/mol. The highest BCUT2D eigenvalue weighted by atomic mass is 32.2. The third kappa shape index (κ3) is 12.3. The lowest BCUT2D eigenvalue weighted by atomic mass is 9.94. The molecule has 0 radical (unpaired) electrons. The number of benzene rings is 2. The van der Waals surface area contributed by atoms with Crippen molar-refractivity contribution in [2.75, 3.05) is 13.1 Å². The van der Waals surface area contributed by atoms with E-state index in [9.17, 15) is 37.5 Å². The van der Waals surface area contributed by atoms with Gasteiger partial charge in [0.1, 0.15) is 35.0 Å². The van der Waals surface area contributed by atoms with Gasteiger partial charge < -0.3 is 41.7 Å². The van der Waals surface area contributed by atoms with Crippen molar-refractivity contribution < 1.29 is 42.2 Å². The van der Waals surface area contributed by atoms with Crippen LogP contribution in [-0.2, 0) is 35.6 Å². The number of carboxylic acid groups (broad SMARTS) is 1. The van der Waals surface area contributed by atoms with Crippen LogP contribution in [0.1, 0.15) is 87.2 Å². The lowest BCUT2D eigenvalue weighted by Gasteiger charge is -2.30. The molecule has 322 valence electrons. The molecule has 18 heteroatoms. The molecule has 0 saturated heterocycles. The second-order valence-electron chi connectivity index (χ2n) is 15.2. The fraction of sp³-hybridized carbons (Fsp3) is 0.463. The minimum Gasteiger partial charge on any atom is -0.487 e. The summed E-state index contributed by atoms with van der Waals surface area (Å²) in [6, 6.07) is 4.91. The fourth-order valence-electron chi connectivity index (χ4n) is 6.79. The Morgan fingerprint density at radius 2 is 1.58 bits per heavy atom. The Bertz CT molecular complexity index is 2060. The van der Waals surface area contributed by atoms with E-state index in [2.05, 4.69) is 49.8 Å². The van der Waals surface area contributed by atoms with Gasteiger partial charge in [0.25, 0.3) is 10.0 Å². The minimum atomic E-state index is -4.22. The Labute approximate surface area is 346 Å². The highest BCUT2D eigenvalue weighted by Crippen LogP contribution is 2.43. The molecule has 2 aromatic rings. The molecule has 4 atom stereocenters. The summed E-state index contributed by atoms with van der Waals surface area (Å²) < 4.78 is 35.7. The van der Waals surface area contributed by atoms with Crippen molar-refractivity contribution in [3.05, 3.63) is 83.5 Å². The number of amides is 5. The van der Waals surface area contributed by atoms with Crippen LogP contribution < -0.4 is 41.4 Å². The zero-order valence-corrected chi connectivity index (χ0v) is 35.6. The van der Waals surface area contributed by atoms with Crippen LogP contribution in [0.3, 0.4) is 0 Å². The van der Waals surface area contributed by atoms with Crippen molar-refractivity contribution in [3.63, 3.8) is 0 Å². The van der Waals surface area contributed by atoms with Crippen LogP contribution in [-0.4, -0.2) is 85.5 Å². The van der Waals surface area contributed by atoms with E-state index >= 15 is 0 Å². The summed E-state index contributed by atoms with van der Waals surface area (Å²) in [5.41, 5.74) is 0.784. The van der Waals surface area contributed by atoms with Crippen LogP contribution in [0.15, 0.2) is 60.5 Å². The second-order valence-corrected chi connectivity index (χ2v) is 16.9. The Balaban J connectivity index is 1.78. The molecule has 0 aliphatic carbocycles. The molecule has 2 aromatic carbocycles. The van der Waals surface area contributed by atoms with Crippen LogP contribution in [0.25, 0.3) is 0 Å². The van der Waals surface area contributed by atoms with Crippen LogP contribution >= 0.6 is 0 Å². The first-order valence-electron chi connectivity index (χ1n) is 19.2. The molecule has 17 nitrogen and oxygen atoms in total. The number of hydrogen-bond donors (Lipinski definition) is 9. The number of nitrogens with one attached hydrogen (secondary N) is 8. The first-order chi connectivity index (χ1) is 27.6. The van der Waals surface area contributed by atoms with Gasteiger partial charge in [0.05, 0.1) is 4.90 Å². The topological polar surface area (TPSA) is 257 Å². The molecule has 0 fully saturated rings. The number of ether oxygens (including phenoxy) is 1. The largest absolute Gasteiger partial charge is 0.487 e. The average Bonchev–Trinajstić information content (AvgIpc) is 3.50. The summed E-state index contributed by atoms with van der Waals surface area (Å²) in [5.74, 6) is -2.68.